The molecule has 39 heavy (non-hydrogen) atoms. The summed E-state index contributed by atoms with van der Waals surface area (Å²) in [6.07, 6.45) is 0. The van der Waals surface area contributed by atoms with Gasteiger partial charge in [0, 0.05) is 11.5 Å². The summed E-state index contributed by atoms with van der Waals surface area (Å²) in [5, 5.41) is 11.5. The van der Waals surface area contributed by atoms with Crippen LogP contribution in [0.2, 0.25) is 0 Å². The van der Waals surface area contributed by atoms with E-state index in [1.807, 2.05) is 0 Å². The molecule has 5 rings (SSSR count). The molecule has 1 aliphatic rings. The maximum atomic E-state index is 15.0. The Labute approximate surface area is 221 Å². The number of ether oxygens (including phenoxy) is 3. The number of methoxy groups -OCH3 is 2. The number of aliphatic hydroxyl groups excluding tert-OH is 1. The number of furan rings is 1. The number of halogens is 2. The van der Waals surface area contributed by atoms with Gasteiger partial charge in [-0.2, -0.15) is 0 Å². The quantitative estimate of drug-likeness (QED) is 0.280. The van der Waals surface area contributed by atoms with Gasteiger partial charge in [0.1, 0.15) is 11.6 Å². The zero-order valence-corrected chi connectivity index (χ0v) is 21.2. The average Bonchev–Trinajstić information content (AvgIpc) is 3.49. The summed E-state index contributed by atoms with van der Waals surface area (Å²) in [4.78, 5) is 28.1. The molecule has 1 aromatic heterocycles. The van der Waals surface area contributed by atoms with Gasteiger partial charge in [-0.05, 0) is 48.9 Å². The first-order chi connectivity index (χ1) is 18.8. The molecule has 0 fully saturated rings. The predicted molar refractivity (Wildman–Crippen MR) is 137 cm³/mol. The average molecular weight is 535 g/mol. The normalized spacial score (nSPS) is 15.3. The van der Waals surface area contributed by atoms with E-state index in [9.17, 15) is 23.5 Å². The van der Waals surface area contributed by atoms with Crippen molar-refractivity contribution in [2.75, 3.05) is 25.7 Å². The van der Waals surface area contributed by atoms with Gasteiger partial charge in [0.2, 0.25) is 5.78 Å². The molecule has 0 saturated carbocycles. The molecule has 4 aromatic rings. The molecule has 1 unspecified atom stereocenters. The smallest absolute Gasteiger partial charge is 0.294 e. The number of para-hydroxylation sites is 1. The number of Topliss-reactive ketones (excluding diaryl/α,β-unsaturated/α-hetero) is 1. The number of aliphatic hydroxyl groups is 1. The van der Waals surface area contributed by atoms with Gasteiger partial charge in [-0.25, -0.2) is 8.78 Å². The summed E-state index contributed by atoms with van der Waals surface area (Å²) in [6, 6.07) is 12.3. The molecule has 0 saturated heterocycles. The predicted octanol–water partition coefficient (Wildman–Crippen LogP) is 5.91. The van der Waals surface area contributed by atoms with Gasteiger partial charge in [0.15, 0.2) is 34.4 Å². The van der Waals surface area contributed by atoms with Crippen LogP contribution in [0.15, 0.2) is 76.4 Å². The fraction of sp³-hybridized carbons (Fsp3) is 0.172. The SMILES string of the molecule is CCOc1cc(C2C(C(=O)c3cc4cccc(OC)c4o3)=C(O)C(=O)N2c2cc(F)ccc2F)ccc1OC. The van der Waals surface area contributed by atoms with Crippen molar-refractivity contribution in [1.29, 1.82) is 0 Å². The minimum Gasteiger partial charge on any atom is -0.503 e. The Bertz CT molecular complexity index is 1640. The monoisotopic (exact) mass is 535 g/mol. The molecule has 0 bridgehead atoms. The Morgan fingerprint density at radius 2 is 1.77 bits per heavy atom. The van der Waals surface area contributed by atoms with E-state index in [4.69, 9.17) is 18.6 Å². The van der Waals surface area contributed by atoms with Crippen molar-refractivity contribution in [1.82, 2.24) is 0 Å². The standard InChI is InChI=1S/C29H23F2NO7/c1-4-38-22-12-15(8-11-20(22)36-2)25-24(26(33)23-13-16-6-5-7-21(37-3)28(16)39-23)27(34)29(35)32(25)19-14-17(30)9-10-18(19)31/h5-14,25,34H,4H2,1-3H3. The van der Waals surface area contributed by atoms with Crippen LogP contribution in [-0.4, -0.2) is 37.6 Å². The van der Waals surface area contributed by atoms with E-state index < -0.39 is 40.8 Å². The number of rotatable bonds is 8. The van der Waals surface area contributed by atoms with Gasteiger partial charge >= 0.3 is 0 Å². The second-order valence-electron chi connectivity index (χ2n) is 8.60. The Balaban J connectivity index is 1.71. The van der Waals surface area contributed by atoms with Crippen LogP contribution in [0, 0.1) is 11.6 Å². The fourth-order valence-electron chi connectivity index (χ4n) is 4.64. The summed E-state index contributed by atoms with van der Waals surface area (Å²) in [5.41, 5.74) is -0.272. The van der Waals surface area contributed by atoms with Crippen LogP contribution in [0.25, 0.3) is 11.0 Å². The molecule has 3 aromatic carbocycles. The summed E-state index contributed by atoms with van der Waals surface area (Å²) < 4.78 is 51.3. The number of nitrogens with zero attached hydrogens (tertiary/aromatic N) is 1. The van der Waals surface area contributed by atoms with Crippen molar-refractivity contribution in [3.63, 3.8) is 0 Å². The van der Waals surface area contributed by atoms with Crippen LogP contribution < -0.4 is 19.1 Å². The highest BCUT2D eigenvalue weighted by Gasteiger charge is 2.46. The number of carbonyl (C=O) groups is 2. The highest BCUT2D eigenvalue weighted by Crippen LogP contribution is 2.45. The maximum absolute atomic E-state index is 15.0. The van der Waals surface area contributed by atoms with E-state index in [0.717, 1.165) is 23.1 Å². The summed E-state index contributed by atoms with van der Waals surface area (Å²) in [5.74, 6) is -3.72. The number of hydrogen-bond acceptors (Lipinski definition) is 7. The first-order valence-electron chi connectivity index (χ1n) is 11.9. The topological polar surface area (TPSA) is 98.4 Å². The number of carbonyl (C=O) groups excluding carboxylic acids is 2. The minimum atomic E-state index is -1.36. The molecule has 200 valence electrons. The van der Waals surface area contributed by atoms with Crippen LogP contribution in [0.4, 0.5) is 14.5 Å². The number of anilines is 1. The minimum absolute atomic E-state index is 0.186. The highest BCUT2D eigenvalue weighted by atomic mass is 19.1. The Morgan fingerprint density at radius 1 is 1.00 bits per heavy atom. The van der Waals surface area contributed by atoms with Gasteiger partial charge in [0.05, 0.1) is 38.1 Å². The van der Waals surface area contributed by atoms with E-state index in [2.05, 4.69) is 0 Å². The van der Waals surface area contributed by atoms with Crippen molar-refractivity contribution in [2.45, 2.75) is 13.0 Å². The highest BCUT2D eigenvalue weighted by molar-refractivity contribution is 6.20. The molecule has 0 aliphatic carbocycles. The molecule has 2 heterocycles. The molecular formula is C29H23F2NO7. The first-order valence-corrected chi connectivity index (χ1v) is 11.9. The lowest BCUT2D eigenvalue weighted by atomic mass is 9.94. The molecule has 0 radical (unpaired) electrons. The van der Waals surface area contributed by atoms with Crippen LogP contribution in [0.5, 0.6) is 17.2 Å². The molecule has 10 heteroatoms. The van der Waals surface area contributed by atoms with Crippen LogP contribution in [0.1, 0.15) is 29.1 Å². The summed E-state index contributed by atoms with van der Waals surface area (Å²) in [7, 11) is 2.89. The van der Waals surface area contributed by atoms with Crippen molar-refractivity contribution in [3.05, 3.63) is 95.0 Å². The zero-order chi connectivity index (χ0) is 27.8. The van der Waals surface area contributed by atoms with E-state index in [1.54, 1.807) is 31.2 Å². The largest absolute Gasteiger partial charge is 0.503 e. The molecule has 1 amide bonds. The molecule has 0 spiro atoms. The molecule has 1 aliphatic heterocycles. The number of fused-ring (bicyclic) bond motifs is 1. The lowest BCUT2D eigenvalue weighted by Gasteiger charge is -2.27. The third kappa shape index (κ3) is 4.33. The van der Waals surface area contributed by atoms with E-state index in [1.165, 1.54) is 32.4 Å². The van der Waals surface area contributed by atoms with Crippen molar-refractivity contribution >= 4 is 28.3 Å². The van der Waals surface area contributed by atoms with Crippen molar-refractivity contribution < 1.29 is 42.1 Å². The van der Waals surface area contributed by atoms with Gasteiger partial charge in [0.25, 0.3) is 5.91 Å². The van der Waals surface area contributed by atoms with Gasteiger partial charge in [-0.15, -0.1) is 0 Å². The Morgan fingerprint density at radius 3 is 2.49 bits per heavy atom. The van der Waals surface area contributed by atoms with E-state index in [0.29, 0.717) is 22.5 Å². The van der Waals surface area contributed by atoms with Crippen LogP contribution in [-0.2, 0) is 4.79 Å². The molecular weight excluding hydrogens is 512 g/mol. The van der Waals surface area contributed by atoms with Crippen LogP contribution in [0.3, 0.4) is 0 Å². The first kappa shape index (κ1) is 25.8. The summed E-state index contributed by atoms with van der Waals surface area (Å²) in [6.45, 7) is 2.04. The fourth-order valence-corrected chi connectivity index (χ4v) is 4.64. The van der Waals surface area contributed by atoms with E-state index >= 15 is 0 Å². The number of benzene rings is 3. The Kier molecular flexibility index (Phi) is 6.69. The lowest BCUT2D eigenvalue weighted by molar-refractivity contribution is -0.117. The number of hydrogen-bond donors (Lipinski definition) is 1. The third-order valence-corrected chi connectivity index (χ3v) is 6.38. The van der Waals surface area contributed by atoms with Crippen LogP contribution >= 0.6 is 0 Å². The maximum Gasteiger partial charge on any atom is 0.294 e. The number of amides is 1. The third-order valence-electron chi connectivity index (χ3n) is 6.38. The van der Waals surface area contributed by atoms with Crippen molar-refractivity contribution in [3.8, 4) is 17.2 Å². The lowest BCUT2D eigenvalue weighted by Crippen LogP contribution is -2.32. The second-order valence-corrected chi connectivity index (χ2v) is 8.60. The van der Waals surface area contributed by atoms with Gasteiger partial charge < -0.3 is 23.7 Å². The molecule has 1 atom stereocenters. The summed E-state index contributed by atoms with van der Waals surface area (Å²) >= 11 is 0. The van der Waals surface area contributed by atoms with E-state index in [-0.39, 0.29) is 29.3 Å². The number of ketones is 1. The molecule has 8 nitrogen and oxygen atoms in total. The Hall–Kier alpha value is -4.86. The molecule has 1 N–H and O–H groups in total. The zero-order valence-electron chi connectivity index (χ0n) is 21.2. The van der Waals surface area contributed by atoms with Crippen molar-refractivity contribution in [2.24, 2.45) is 0 Å². The van der Waals surface area contributed by atoms with Gasteiger partial charge in [-0.3, -0.25) is 14.5 Å². The van der Waals surface area contributed by atoms with Gasteiger partial charge in [-0.1, -0.05) is 18.2 Å². The second kappa shape index (κ2) is 10.1.